The van der Waals surface area contributed by atoms with Gasteiger partial charge in [0.05, 0.1) is 0 Å². The molecule has 0 unspecified atom stereocenters. The summed E-state index contributed by atoms with van der Waals surface area (Å²) >= 11 is 2.12. The van der Waals surface area contributed by atoms with Crippen molar-refractivity contribution in [3.63, 3.8) is 0 Å². The maximum absolute atomic E-state index is 3.42. The molecule has 3 heteroatoms. The van der Waals surface area contributed by atoms with Gasteiger partial charge in [0.2, 0.25) is 0 Å². The molecule has 0 aromatic heterocycles. The van der Waals surface area contributed by atoms with Crippen molar-refractivity contribution in [3.05, 3.63) is 34.9 Å². The second-order valence-electron chi connectivity index (χ2n) is 6.34. The fourth-order valence-corrected chi connectivity index (χ4v) is 4.06. The second kappa shape index (κ2) is 5.47. The van der Waals surface area contributed by atoms with Crippen LogP contribution in [-0.2, 0) is 19.6 Å². The summed E-state index contributed by atoms with van der Waals surface area (Å²) in [5.41, 5.74) is 4.46. The fraction of sp³-hybridized carbons (Fsp3) is 0.625. The van der Waals surface area contributed by atoms with Crippen molar-refractivity contribution in [2.45, 2.75) is 44.6 Å². The number of rotatable bonds is 2. The van der Waals surface area contributed by atoms with Crippen molar-refractivity contribution in [1.29, 1.82) is 0 Å². The van der Waals surface area contributed by atoms with Crippen LogP contribution >= 0.6 is 11.8 Å². The molecule has 19 heavy (non-hydrogen) atoms. The van der Waals surface area contributed by atoms with Gasteiger partial charge in [0.25, 0.3) is 0 Å². The minimum absolute atomic E-state index is 0.455. The number of hydrogen-bond acceptors (Lipinski definition) is 3. The number of nitrogens with one attached hydrogen (secondary N) is 1. The Kier molecular flexibility index (Phi) is 3.88. The highest BCUT2D eigenvalue weighted by atomic mass is 32.2. The van der Waals surface area contributed by atoms with Gasteiger partial charge in [-0.15, -0.1) is 0 Å². The first-order valence-electron chi connectivity index (χ1n) is 7.30. The molecule has 1 saturated heterocycles. The van der Waals surface area contributed by atoms with E-state index in [1.54, 1.807) is 0 Å². The monoisotopic (exact) mass is 276 g/mol. The van der Waals surface area contributed by atoms with Crippen molar-refractivity contribution in [1.82, 2.24) is 10.2 Å². The molecule has 0 spiro atoms. The standard InChI is InChI=1S/C16H24N2S/c1-16(2)5-6-18(7-8-19-16)12-13-3-4-14-10-17-11-15(14)9-13/h3-4,9,17H,5-8,10-12H2,1-2H3. The van der Waals surface area contributed by atoms with Gasteiger partial charge in [-0.3, -0.25) is 4.90 Å². The minimum Gasteiger partial charge on any atom is -0.309 e. The summed E-state index contributed by atoms with van der Waals surface area (Å²) in [6, 6.07) is 7.02. The van der Waals surface area contributed by atoms with Crippen LogP contribution in [0, 0.1) is 0 Å². The molecule has 2 aliphatic heterocycles. The van der Waals surface area contributed by atoms with Crippen LogP contribution in [0.5, 0.6) is 0 Å². The molecule has 1 fully saturated rings. The first kappa shape index (κ1) is 13.5. The lowest BCUT2D eigenvalue weighted by molar-refractivity contribution is 0.276. The zero-order valence-electron chi connectivity index (χ0n) is 12.0. The second-order valence-corrected chi connectivity index (χ2v) is 8.14. The van der Waals surface area contributed by atoms with E-state index in [0.29, 0.717) is 4.75 Å². The third-order valence-corrected chi connectivity index (χ3v) is 5.61. The number of fused-ring (bicyclic) bond motifs is 1. The summed E-state index contributed by atoms with van der Waals surface area (Å²) in [5.74, 6) is 1.26. The summed E-state index contributed by atoms with van der Waals surface area (Å²) < 4.78 is 0.455. The lowest BCUT2D eigenvalue weighted by atomic mass is 10.1. The molecule has 0 bridgehead atoms. The van der Waals surface area contributed by atoms with Crippen molar-refractivity contribution in [3.8, 4) is 0 Å². The predicted octanol–water partition coefficient (Wildman–Crippen LogP) is 3.01. The lowest BCUT2D eigenvalue weighted by Gasteiger charge is -2.22. The number of nitrogens with zero attached hydrogens (tertiary/aromatic N) is 1. The Morgan fingerprint density at radius 3 is 2.95 bits per heavy atom. The topological polar surface area (TPSA) is 15.3 Å². The third kappa shape index (κ3) is 3.33. The summed E-state index contributed by atoms with van der Waals surface area (Å²) in [6.45, 7) is 10.4. The molecule has 0 radical (unpaired) electrons. The van der Waals surface area contributed by atoms with Crippen LogP contribution in [0.25, 0.3) is 0 Å². The molecule has 0 atom stereocenters. The van der Waals surface area contributed by atoms with E-state index in [4.69, 9.17) is 0 Å². The van der Waals surface area contributed by atoms with E-state index in [2.05, 4.69) is 54.0 Å². The van der Waals surface area contributed by atoms with Crippen LogP contribution < -0.4 is 5.32 Å². The van der Waals surface area contributed by atoms with Crippen LogP contribution in [-0.4, -0.2) is 28.5 Å². The molecular weight excluding hydrogens is 252 g/mol. The molecule has 1 N–H and O–H groups in total. The molecule has 104 valence electrons. The van der Waals surface area contributed by atoms with Crippen molar-refractivity contribution in [2.24, 2.45) is 0 Å². The average Bonchev–Trinajstić information content (AvgIpc) is 2.76. The van der Waals surface area contributed by atoms with E-state index in [1.165, 1.54) is 42.0 Å². The van der Waals surface area contributed by atoms with Gasteiger partial charge in [-0.2, -0.15) is 11.8 Å². The third-order valence-electron chi connectivity index (χ3n) is 4.24. The summed E-state index contributed by atoms with van der Waals surface area (Å²) in [5, 5.41) is 3.42. The van der Waals surface area contributed by atoms with Crippen LogP contribution in [0.1, 0.15) is 37.0 Å². The molecular formula is C16H24N2S. The summed E-state index contributed by atoms with van der Waals surface area (Å²) in [7, 11) is 0. The van der Waals surface area contributed by atoms with E-state index in [9.17, 15) is 0 Å². The Morgan fingerprint density at radius 2 is 2.05 bits per heavy atom. The molecule has 3 rings (SSSR count). The highest BCUT2D eigenvalue weighted by Gasteiger charge is 2.23. The van der Waals surface area contributed by atoms with Crippen LogP contribution in [0.15, 0.2) is 18.2 Å². The van der Waals surface area contributed by atoms with E-state index in [-0.39, 0.29) is 0 Å². The lowest BCUT2D eigenvalue weighted by Crippen LogP contribution is -2.26. The van der Waals surface area contributed by atoms with Gasteiger partial charge in [-0.1, -0.05) is 32.0 Å². The molecule has 0 aliphatic carbocycles. The largest absolute Gasteiger partial charge is 0.309 e. The van der Waals surface area contributed by atoms with Crippen molar-refractivity contribution < 1.29 is 0 Å². The Hall–Kier alpha value is -0.510. The summed E-state index contributed by atoms with van der Waals surface area (Å²) in [6.07, 6.45) is 1.30. The number of thioether (sulfide) groups is 1. The van der Waals surface area contributed by atoms with Crippen molar-refractivity contribution in [2.75, 3.05) is 18.8 Å². The van der Waals surface area contributed by atoms with Gasteiger partial charge in [-0.05, 0) is 29.7 Å². The van der Waals surface area contributed by atoms with Gasteiger partial charge >= 0.3 is 0 Å². The molecule has 0 saturated carbocycles. The SMILES string of the molecule is CC1(C)CCN(Cc2ccc3c(c2)CNC3)CCS1. The first-order valence-corrected chi connectivity index (χ1v) is 8.29. The predicted molar refractivity (Wildman–Crippen MR) is 83.4 cm³/mol. The molecule has 1 aromatic carbocycles. The maximum Gasteiger partial charge on any atom is 0.0234 e. The fourth-order valence-electron chi connectivity index (χ4n) is 2.93. The molecule has 2 nitrogen and oxygen atoms in total. The quantitative estimate of drug-likeness (QED) is 0.894. The smallest absolute Gasteiger partial charge is 0.0234 e. The van der Waals surface area contributed by atoms with Crippen LogP contribution in [0.4, 0.5) is 0 Å². The summed E-state index contributed by atoms with van der Waals surface area (Å²) in [4.78, 5) is 2.62. The van der Waals surface area contributed by atoms with Gasteiger partial charge < -0.3 is 5.32 Å². The van der Waals surface area contributed by atoms with Gasteiger partial charge in [0.15, 0.2) is 0 Å². The highest BCUT2D eigenvalue weighted by Crippen LogP contribution is 2.31. The zero-order valence-corrected chi connectivity index (χ0v) is 12.9. The van der Waals surface area contributed by atoms with E-state index < -0.39 is 0 Å². The van der Waals surface area contributed by atoms with Gasteiger partial charge in [-0.25, -0.2) is 0 Å². The van der Waals surface area contributed by atoms with Gasteiger partial charge in [0.1, 0.15) is 0 Å². The normalized spacial score (nSPS) is 23.1. The first-order chi connectivity index (χ1) is 9.12. The molecule has 2 heterocycles. The minimum atomic E-state index is 0.455. The number of benzene rings is 1. The molecule has 0 amide bonds. The molecule has 1 aromatic rings. The Morgan fingerprint density at radius 1 is 1.21 bits per heavy atom. The molecule has 2 aliphatic rings. The average molecular weight is 276 g/mol. The number of hydrogen-bond donors (Lipinski definition) is 1. The van der Waals surface area contributed by atoms with Gasteiger partial charge in [0, 0.05) is 36.7 Å². The highest BCUT2D eigenvalue weighted by molar-refractivity contribution is 8.00. The maximum atomic E-state index is 3.42. The van der Waals surface area contributed by atoms with Crippen LogP contribution in [0.2, 0.25) is 0 Å². The van der Waals surface area contributed by atoms with Crippen molar-refractivity contribution >= 4 is 11.8 Å². The Labute approximate surface area is 121 Å². The van der Waals surface area contributed by atoms with E-state index in [0.717, 1.165) is 19.6 Å². The van der Waals surface area contributed by atoms with E-state index >= 15 is 0 Å². The Bertz CT molecular complexity index is 456. The van der Waals surface area contributed by atoms with E-state index in [1.807, 2.05) is 0 Å². The zero-order chi connectivity index (χ0) is 13.3. The Balaban J connectivity index is 1.65. The van der Waals surface area contributed by atoms with Crippen LogP contribution in [0.3, 0.4) is 0 Å².